The minimum absolute atomic E-state index is 0.0209. The maximum Gasteiger partial charge on any atom is 0.335 e. The fourth-order valence-corrected chi connectivity index (χ4v) is 7.22. The number of carboxylic acids is 1. The number of aromatic nitrogens is 2. The predicted molar refractivity (Wildman–Crippen MR) is 142 cm³/mol. The summed E-state index contributed by atoms with van der Waals surface area (Å²) in [4.78, 5) is 18.0. The van der Waals surface area contributed by atoms with E-state index in [4.69, 9.17) is 9.26 Å². The minimum atomic E-state index is -1.17. The number of rotatable bonds is 7. The summed E-state index contributed by atoms with van der Waals surface area (Å²) in [5.74, 6) is -1.49. The van der Waals surface area contributed by atoms with E-state index < -0.39 is 23.4 Å². The maximum absolute atomic E-state index is 14.6. The third-order valence-electron chi connectivity index (χ3n) is 8.39. The molecule has 4 aromatic rings. The van der Waals surface area contributed by atoms with Crippen LogP contribution in [-0.4, -0.2) is 40.4 Å². The van der Waals surface area contributed by atoms with Crippen molar-refractivity contribution < 1.29 is 32.3 Å². The number of hydrogen-bond donors (Lipinski definition) is 1. The van der Waals surface area contributed by atoms with Crippen molar-refractivity contribution in [2.45, 2.75) is 50.7 Å². The van der Waals surface area contributed by atoms with Crippen LogP contribution in [0, 0.1) is 29.3 Å². The zero-order chi connectivity index (χ0) is 27.5. The molecule has 1 aliphatic heterocycles. The van der Waals surface area contributed by atoms with Gasteiger partial charge in [0.1, 0.15) is 28.6 Å². The van der Waals surface area contributed by atoms with Gasteiger partial charge in [-0.05, 0) is 68.2 Å². The second-order valence-corrected chi connectivity index (χ2v) is 12.0. The van der Waals surface area contributed by atoms with Gasteiger partial charge in [-0.25, -0.2) is 22.9 Å². The van der Waals surface area contributed by atoms with Crippen LogP contribution in [0.5, 0.6) is 0 Å². The number of ether oxygens (including phenoxy) is 1. The van der Waals surface area contributed by atoms with Crippen LogP contribution in [-0.2, 0) is 11.3 Å². The van der Waals surface area contributed by atoms with E-state index in [0.29, 0.717) is 33.0 Å². The molecule has 0 bridgehead atoms. The van der Waals surface area contributed by atoms with Gasteiger partial charge in [-0.2, -0.15) is 0 Å². The van der Waals surface area contributed by atoms with Crippen LogP contribution in [0.4, 0.5) is 18.3 Å². The fourth-order valence-electron chi connectivity index (χ4n) is 6.18. The number of carbonyl (C=O) groups is 1. The summed E-state index contributed by atoms with van der Waals surface area (Å²) in [5.41, 5.74) is 0.720. The molecular formula is C29H26F3N3O4S. The number of hydrogen-bond acceptors (Lipinski definition) is 7. The lowest BCUT2D eigenvalue weighted by molar-refractivity contribution is -0.00495. The van der Waals surface area contributed by atoms with E-state index in [9.17, 15) is 23.1 Å². The van der Waals surface area contributed by atoms with Gasteiger partial charge in [-0.3, -0.25) is 0 Å². The topological polar surface area (TPSA) is 88.7 Å². The molecule has 1 saturated heterocycles. The number of aromatic carboxylic acids is 1. The molecule has 3 aliphatic rings. The van der Waals surface area contributed by atoms with E-state index in [1.165, 1.54) is 35.6 Å². The van der Waals surface area contributed by atoms with Crippen LogP contribution in [0.1, 0.15) is 59.7 Å². The van der Waals surface area contributed by atoms with Crippen molar-refractivity contribution in [3.05, 3.63) is 64.7 Å². The molecule has 3 heterocycles. The zero-order valence-electron chi connectivity index (χ0n) is 21.4. The Bertz CT molecular complexity index is 1600. The normalized spacial score (nSPS) is 22.7. The maximum atomic E-state index is 14.6. The van der Waals surface area contributed by atoms with E-state index in [1.807, 2.05) is 0 Å². The highest BCUT2D eigenvalue weighted by Crippen LogP contribution is 2.46. The predicted octanol–water partition coefficient (Wildman–Crippen LogP) is 6.77. The van der Waals surface area contributed by atoms with Crippen LogP contribution in [0.15, 0.2) is 34.9 Å². The Morgan fingerprint density at radius 3 is 2.60 bits per heavy atom. The molecule has 3 fully saturated rings. The van der Waals surface area contributed by atoms with Crippen LogP contribution in [0.2, 0.25) is 0 Å². The van der Waals surface area contributed by atoms with E-state index in [1.54, 1.807) is 0 Å². The lowest BCUT2D eigenvalue weighted by Gasteiger charge is -2.30. The SMILES string of the molecule is O=C(O)c1cc(F)c2nc(N3C[C@H]4CC[C@H](OCc5c(-c6c(F)cccc6F)noc5C5CC5)C[C@H]4C3)sc2c1. The van der Waals surface area contributed by atoms with Gasteiger partial charge < -0.3 is 19.3 Å². The molecule has 1 N–H and O–H groups in total. The molecular weight excluding hydrogens is 543 g/mol. The van der Waals surface area contributed by atoms with Gasteiger partial charge in [0, 0.05) is 24.6 Å². The van der Waals surface area contributed by atoms with Crippen LogP contribution >= 0.6 is 11.3 Å². The van der Waals surface area contributed by atoms with Crippen molar-refractivity contribution in [1.29, 1.82) is 0 Å². The molecule has 11 heteroatoms. The van der Waals surface area contributed by atoms with Crippen LogP contribution in [0.25, 0.3) is 21.5 Å². The number of nitrogens with zero attached hydrogens (tertiary/aromatic N) is 3. The molecule has 7 rings (SSSR count). The van der Waals surface area contributed by atoms with Gasteiger partial charge >= 0.3 is 5.97 Å². The first-order valence-electron chi connectivity index (χ1n) is 13.5. The molecule has 0 unspecified atom stereocenters. The zero-order valence-corrected chi connectivity index (χ0v) is 22.2. The molecule has 0 amide bonds. The molecule has 3 atom stereocenters. The van der Waals surface area contributed by atoms with Crippen molar-refractivity contribution in [1.82, 2.24) is 10.1 Å². The van der Waals surface area contributed by atoms with Gasteiger partial charge in [0.2, 0.25) is 0 Å². The molecule has 40 heavy (non-hydrogen) atoms. The summed E-state index contributed by atoms with van der Waals surface area (Å²) in [6.07, 6.45) is 4.54. The minimum Gasteiger partial charge on any atom is -0.478 e. The van der Waals surface area contributed by atoms with Crippen molar-refractivity contribution in [2.24, 2.45) is 11.8 Å². The third kappa shape index (κ3) is 4.54. The quantitative estimate of drug-likeness (QED) is 0.263. The smallest absolute Gasteiger partial charge is 0.335 e. The number of carboxylic acid groups (broad SMARTS) is 1. The molecule has 0 radical (unpaired) electrons. The molecule has 0 spiro atoms. The summed E-state index contributed by atoms with van der Waals surface area (Å²) >= 11 is 1.31. The first-order valence-corrected chi connectivity index (χ1v) is 14.3. The molecule has 2 aromatic carbocycles. The summed E-state index contributed by atoms with van der Waals surface area (Å²) in [7, 11) is 0. The average Bonchev–Trinajstić information content (AvgIpc) is 3.33. The van der Waals surface area contributed by atoms with E-state index >= 15 is 0 Å². The van der Waals surface area contributed by atoms with Gasteiger partial charge in [0.05, 0.1) is 28.5 Å². The first-order chi connectivity index (χ1) is 19.4. The Morgan fingerprint density at radius 2 is 1.85 bits per heavy atom. The monoisotopic (exact) mass is 569 g/mol. The number of anilines is 1. The van der Waals surface area contributed by atoms with Crippen molar-refractivity contribution in [2.75, 3.05) is 18.0 Å². The summed E-state index contributed by atoms with van der Waals surface area (Å²) in [6, 6.07) is 6.24. The van der Waals surface area contributed by atoms with E-state index in [-0.39, 0.29) is 41.0 Å². The Kier molecular flexibility index (Phi) is 6.31. The molecule has 2 aromatic heterocycles. The Labute approximate surface area is 231 Å². The highest BCUT2D eigenvalue weighted by Gasteiger charge is 2.40. The fraction of sp³-hybridized carbons (Fsp3) is 0.414. The second kappa shape index (κ2) is 9.88. The van der Waals surface area contributed by atoms with Gasteiger partial charge in [-0.1, -0.05) is 22.6 Å². The van der Waals surface area contributed by atoms with Crippen LogP contribution < -0.4 is 4.90 Å². The molecule has 7 nitrogen and oxygen atoms in total. The molecule has 2 saturated carbocycles. The van der Waals surface area contributed by atoms with Gasteiger partial charge in [0.25, 0.3) is 0 Å². The number of thiazole rings is 1. The van der Waals surface area contributed by atoms with Gasteiger partial charge in [0.15, 0.2) is 10.9 Å². The average molecular weight is 570 g/mol. The summed E-state index contributed by atoms with van der Waals surface area (Å²) in [6.45, 7) is 1.73. The first kappa shape index (κ1) is 25.5. The van der Waals surface area contributed by atoms with E-state index in [0.717, 1.165) is 51.3 Å². The highest BCUT2D eigenvalue weighted by atomic mass is 32.1. The van der Waals surface area contributed by atoms with E-state index in [2.05, 4.69) is 15.0 Å². The Balaban J connectivity index is 1.06. The molecule has 208 valence electrons. The summed E-state index contributed by atoms with van der Waals surface area (Å²) < 4.78 is 56.1. The summed E-state index contributed by atoms with van der Waals surface area (Å²) in [5, 5.41) is 14.0. The second-order valence-electron chi connectivity index (χ2n) is 11.0. The molecule has 2 aliphatic carbocycles. The van der Waals surface area contributed by atoms with Crippen LogP contribution in [0.3, 0.4) is 0 Å². The van der Waals surface area contributed by atoms with Crippen molar-refractivity contribution >= 4 is 32.7 Å². The van der Waals surface area contributed by atoms with Gasteiger partial charge in [-0.15, -0.1) is 0 Å². The number of benzene rings is 2. The highest BCUT2D eigenvalue weighted by molar-refractivity contribution is 7.22. The lowest BCUT2D eigenvalue weighted by Crippen LogP contribution is -2.28. The van der Waals surface area contributed by atoms with Crippen molar-refractivity contribution in [3.8, 4) is 11.3 Å². The van der Waals surface area contributed by atoms with Crippen molar-refractivity contribution in [3.63, 3.8) is 0 Å². The Hall–Kier alpha value is -3.44. The Morgan fingerprint density at radius 1 is 1.07 bits per heavy atom. The third-order valence-corrected chi connectivity index (χ3v) is 9.45. The number of fused-ring (bicyclic) bond motifs is 2. The number of halogens is 3. The largest absolute Gasteiger partial charge is 0.478 e. The standard InChI is InChI=1S/C29H26F3N3O4S/c30-20-2-1-3-21(31)24(20)25-19(27(39-34-25)14-4-5-14)13-38-18-7-6-15-11-35(12-17(15)8-18)29-33-26-22(32)9-16(28(36)37)10-23(26)40-29/h1-3,9-10,14-15,17-18H,4-8,11-13H2,(H,36,37)/t15-,17+,18+/m1/s1. The lowest BCUT2D eigenvalue weighted by atomic mass is 9.80.